The van der Waals surface area contributed by atoms with Crippen LogP contribution in [0.2, 0.25) is 0 Å². The number of piperidine rings is 1. The summed E-state index contributed by atoms with van der Waals surface area (Å²) in [7, 11) is 0. The molecule has 2 aliphatic heterocycles. The summed E-state index contributed by atoms with van der Waals surface area (Å²) >= 11 is 0. The van der Waals surface area contributed by atoms with Crippen LogP contribution in [0, 0.1) is 5.92 Å². The van der Waals surface area contributed by atoms with E-state index in [1.54, 1.807) is 6.33 Å². The first-order valence-electron chi connectivity index (χ1n) is 8.19. The van der Waals surface area contributed by atoms with Crippen molar-refractivity contribution in [2.45, 2.75) is 51.7 Å². The highest BCUT2D eigenvalue weighted by Crippen LogP contribution is 2.28. The van der Waals surface area contributed by atoms with Gasteiger partial charge in [0, 0.05) is 25.2 Å². The molecular weight excluding hydrogens is 264 g/mol. The first-order valence-corrected chi connectivity index (χ1v) is 8.19. The summed E-state index contributed by atoms with van der Waals surface area (Å²) in [6, 6.07) is 2.71. The maximum Gasteiger partial charge on any atom is 0.218 e. The third-order valence-electron chi connectivity index (χ3n) is 4.52. The predicted octanol–water partition coefficient (Wildman–Crippen LogP) is 2.23. The maximum absolute atomic E-state index is 5.66. The van der Waals surface area contributed by atoms with Crippen molar-refractivity contribution in [1.82, 2.24) is 15.3 Å². The van der Waals surface area contributed by atoms with Crippen molar-refractivity contribution >= 4 is 5.82 Å². The lowest BCUT2D eigenvalue weighted by atomic mass is 9.88. The highest BCUT2D eigenvalue weighted by atomic mass is 16.5. The molecule has 2 aliphatic rings. The van der Waals surface area contributed by atoms with Crippen LogP contribution in [0.15, 0.2) is 12.4 Å². The molecule has 3 heterocycles. The Labute approximate surface area is 127 Å². The van der Waals surface area contributed by atoms with Gasteiger partial charge in [-0.25, -0.2) is 9.97 Å². The fourth-order valence-corrected chi connectivity index (χ4v) is 3.45. The van der Waals surface area contributed by atoms with Gasteiger partial charge in [0.15, 0.2) is 0 Å². The second-order valence-electron chi connectivity index (χ2n) is 6.41. The lowest BCUT2D eigenvalue weighted by molar-refractivity contribution is 0.232. The highest BCUT2D eigenvalue weighted by molar-refractivity contribution is 5.41. The summed E-state index contributed by atoms with van der Waals surface area (Å²) < 4.78 is 5.66. The van der Waals surface area contributed by atoms with Crippen molar-refractivity contribution in [3.8, 4) is 5.88 Å². The molecule has 1 N–H and O–H groups in total. The second kappa shape index (κ2) is 6.60. The van der Waals surface area contributed by atoms with E-state index in [2.05, 4.69) is 20.2 Å². The van der Waals surface area contributed by atoms with Crippen LogP contribution in [0.5, 0.6) is 5.88 Å². The van der Waals surface area contributed by atoms with Crippen LogP contribution in [0.3, 0.4) is 0 Å². The normalized spacial score (nSPS) is 23.8. The van der Waals surface area contributed by atoms with Gasteiger partial charge in [-0.15, -0.1) is 0 Å². The third kappa shape index (κ3) is 3.64. The lowest BCUT2D eigenvalue weighted by Gasteiger charge is -2.35. The molecule has 5 nitrogen and oxygen atoms in total. The zero-order chi connectivity index (χ0) is 14.7. The van der Waals surface area contributed by atoms with Crippen LogP contribution >= 0.6 is 0 Å². The van der Waals surface area contributed by atoms with E-state index in [4.69, 9.17) is 4.74 Å². The van der Waals surface area contributed by atoms with Gasteiger partial charge < -0.3 is 15.0 Å². The van der Waals surface area contributed by atoms with E-state index in [0.717, 1.165) is 30.9 Å². The van der Waals surface area contributed by atoms with Gasteiger partial charge in [0.2, 0.25) is 5.88 Å². The van der Waals surface area contributed by atoms with Crippen LogP contribution in [0.4, 0.5) is 5.82 Å². The Kier molecular flexibility index (Phi) is 4.58. The molecule has 1 atom stereocenters. The summed E-state index contributed by atoms with van der Waals surface area (Å²) in [6.07, 6.45) is 6.95. The Balaban J connectivity index is 1.58. The number of ether oxygens (including phenoxy) is 1. The number of hydrogen-bond acceptors (Lipinski definition) is 5. The van der Waals surface area contributed by atoms with Crippen molar-refractivity contribution in [3.05, 3.63) is 12.4 Å². The van der Waals surface area contributed by atoms with Crippen molar-refractivity contribution < 1.29 is 4.74 Å². The lowest BCUT2D eigenvalue weighted by Crippen LogP contribution is -2.41. The molecule has 0 amide bonds. The minimum atomic E-state index is 0.145. The molecule has 1 unspecified atom stereocenters. The van der Waals surface area contributed by atoms with Gasteiger partial charge >= 0.3 is 0 Å². The van der Waals surface area contributed by atoms with Gasteiger partial charge in [0.1, 0.15) is 12.1 Å². The Morgan fingerprint density at radius 1 is 1.24 bits per heavy atom. The standard InChI is InChI=1S/C16H26N4O/c1-12(2)21-16-10-15(18-11-19-16)20-8-5-13(6-9-20)14-4-3-7-17-14/h10-14,17H,3-9H2,1-2H3. The van der Waals surface area contributed by atoms with E-state index < -0.39 is 0 Å². The minimum absolute atomic E-state index is 0.145. The van der Waals surface area contributed by atoms with E-state index in [9.17, 15) is 0 Å². The van der Waals surface area contributed by atoms with Crippen molar-refractivity contribution in [2.24, 2.45) is 5.92 Å². The molecule has 5 heteroatoms. The molecule has 0 spiro atoms. The fourth-order valence-electron chi connectivity index (χ4n) is 3.45. The molecule has 3 rings (SSSR count). The maximum atomic E-state index is 5.66. The first-order chi connectivity index (χ1) is 10.2. The summed E-state index contributed by atoms with van der Waals surface area (Å²) in [5, 5.41) is 3.65. The number of nitrogens with one attached hydrogen (secondary N) is 1. The average Bonchev–Trinajstić information content (AvgIpc) is 3.01. The molecular formula is C16H26N4O. The van der Waals surface area contributed by atoms with Gasteiger partial charge in [-0.1, -0.05) is 0 Å². The summed E-state index contributed by atoms with van der Waals surface area (Å²) in [4.78, 5) is 11.0. The van der Waals surface area contributed by atoms with Crippen LogP contribution in [0.25, 0.3) is 0 Å². The van der Waals surface area contributed by atoms with E-state index in [0.29, 0.717) is 5.88 Å². The number of anilines is 1. The molecule has 0 bridgehead atoms. The Morgan fingerprint density at radius 2 is 2.05 bits per heavy atom. The predicted molar refractivity (Wildman–Crippen MR) is 83.8 cm³/mol. The summed E-state index contributed by atoms with van der Waals surface area (Å²) in [5.41, 5.74) is 0. The quantitative estimate of drug-likeness (QED) is 0.921. The molecule has 116 valence electrons. The molecule has 0 saturated carbocycles. The molecule has 1 aromatic rings. The van der Waals surface area contributed by atoms with Gasteiger partial charge in [0.05, 0.1) is 6.10 Å². The molecule has 0 aliphatic carbocycles. The topological polar surface area (TPSA) is 50.3 Å². The van der Waals surface area contributed by atoms with Crippen molar-refractivity contribution in [1.29, 1.82) is 0 Å². The average molecular weight is 290 g/mol. The van der Waals surface area contributed by atoms with Crippen LogP contribution in [0.1, 0.15) is 39.5 Å². The van der Waals surface area contributed by atoms with E-state index >= 15 is 0 Å². The molecule has 1 aromatic heterocycles. The minimum Gasteiger partial charge on any atom is -0.475 e. The first kappa shape index (κ1) is 14.6. The van der Waals surface area contributed by atoms with E-state index in [1.807, 2.05) is 19.9 Å². The Bertz CT molecular complexity index is 451. The summed E-state index contributed by atoms with van der Waals surface area (Å²) in [6.45, 7) is 7.40. The zero-order valence-electron chi connectivity index (χ0n) is 13.1. The Hall–Kier alpha value is -1.36. The van der Waals surface area contributed by atoms with Gasteiger partial charge in [-0.05, 0) is 52.0 Å². The third-order valence-corrected chi connectivity index (χ3v) is 4.52. The van der Waals surface area contributed by atoms with E-state index in [-0.39, 0.29) is 6.10 Å². The summed E-state index contributed by atoms with van der Waals surface area (Å²) in [5.74, 6) is 2.50. The fraction of sp³-hybridized carbons (Fsp3) is 0.750. The second-order valence-corrected chi connectivity index (χ2v) is 6.41. The van der Waals surface area contributed by atoms with Crippen LogP contribution in [-0.4, -0.2) is 41.7 Å². The van der Waals surface area contributed by atoms with Crippen LogP contribution in [-0.2, 0) is 0 Å². The van der Waals surface area contributed by atoms with E-state index in [1.165, 1.54) is 32.2 Å². The molecule has 21 heavy (non-hydrogen) atoms. The molecule has 2 fully saturated rings. The molecule has 0 radical (unpaired) electrons. The Morgan fingerprint density at radius 3 is 2.71 bits per heavy atom. The molecule has 2 saturated heterocycles. The molecule has 0 aromatic carbocycles. The SMILES string of the molecule is CC(C)Oc1cc(N2CCC(C3CCCN3)CC2)ncn1. The van der Waals surface area contributed by atoms with Gasteiger partial charge in [-0.2, -0.15) is 0 Å². The number of hydrogen-bond donors (Lipinski definition) is 1. The monoisotopic (exact) mass is 290 g/mol. The van der Waals surface area contributed by atoms with Crippen LogP contribution < -0.4 is 15.0 Å². The van der Waals surface area contributed by atoms with Gasteiger partial charge in [0.25, 0.3) is 0 Å². The number of rotatable bonds is 4. The smallest absolute Gasteiger partial charge is 0.218 e. The zero-order valence-corrected chi connectivity index (χ0v) is 13.1. The van der Waals surface area contributed by atoms with Crippen molar-refractivity contribution in [3.63, 3.8) is 0 Å². The number of aromatic nitrogens is 2. The largest absolute Gasteiger partial charge is 0.475 e. The number of nitrogens with zero attached hydrogens (tertiary/aromatic N) is 3. The van der Waals surface area contributed by atoms with Gasteiger partial charge in [-0.3, -0.25) is 0 Å². The highest BCUT2D eigenvalue weighted by Gasteiger charge is 2.28. The van der Waals surface area contributed by atoms with Crippen molar-refractivity contribution in [2.75, 3.05) is 24.5 Å².